The number of nitrogens with one attached hydrogen (secondary N) is 2. The van der Waals surface area contributed by atoms with Crippen LogP contribution < -0.4 is 10.6 Å². The molecule has 7 heteroatoms. The summed E-state index contributed by atoms with van der Waals surface area (Å²) in [6.07, 6.45) is 3.29. The first-order chi connectivity index (χ1) is 11.5. The third kappa shape index (κ3) is 3.57. The number of pyridine rings is 1. The molecule has 6 nitrogen and oxygen atoms in total. The van der Waals surface area contributed by atoms with Gasteiger partial charge in [0.2, 0.25) is 0 Å². The van der Waals surface area contributed by atoms with E-state index < -0.39 is 11.8 Å². The second-order valence-electron chi connectivity index (χ2n) is 5.35. The lowest BCUT2D eigenvalue weighted by Crippen LogP contribution is -2.36. The van der Waals surface area contributed by atoms with E-state index in [9.17, 15) is 9.59 Å². The third-order valence-corrected chi connectivity index (χ3v) is 4.45. The van der Waals surface area contributed by atoms with Gasteiger partial charge in [-0.15, -0.1) is 11.3 Å². The third-order valence-electron chi connectivity index (χ3n) is 3.51. The molecule has 0 unspecified atom stereocenters. The van der Waals surface area contributed by atoms with E-state index in [0.29, 0.717) is 5.69 Å². The number of amides is 2. The number of hydrogen-bond acceptors (Lipinski definition) is 5. The molecule has 0 aliphatic carbocycles. The Hall–Kier alpha value is -2.80. The molecule has 0 spiro atoms. The number of benzene rings is 1. The number of rotatable bonds is 3. The van der Waals surface area contributed by atoms with Crippen LogP contribution in [0.3, 0.4) is 0 Å². The fraction of sp³-hybridized carbons (Fsp3) is 0.176. The van der Waals surface area contributed by atoms with Crippen molar-refractivity contribution in [1.29, 1.82) is 0 Å². The van der Waals surface area contributed by atoms with Crippen LogP contribution in [0.15, 0.2) is 42.7 Å². The van der Waals surface area contributed by atoms with Crippen LogP contribution in [0.25, 0.3) is 10.2 Å². The lowest BCUT2D eigenvalue weighted by Gasteiger charge is -2.13. The van der Waals surface area contributed by atoms with Crippen molar-refractivity contribution < 1.29 is 9.59 Å². The molecule has 1 aromatic carbocycles. The number of carbonyl (C=O) groups is 2. The maximum atomic E-state index is 12.1. The molecule has 0 aliphatic rings. The molecule has 122 valence electrons. The second-order valence-corrected chi connectivity index (χ2v) is 6.58. The van der Waals surface area contributed by atoms with Crippen LogP contribution >= 0.6 is 11.3 Å². The van der Waals surface area contributed by atoms with Gasteiger partial charge in [-0.05, 0) is 49.7 Å². The molecule has 0 radical (unpaired) electrons. The maximum absolute atomic E-state index is 12.1. The van der Waals surface area contributed by atoms with Gasteiger partial charge >= 0.3 is 11.8 Å². The predicted octanol–water partition coefficient (Wildman–Crippen LogP) is 2.82. The molecular formula is C17H16N4O2S. The first-order valence-corrected chi connectivity index (χ1v) is 8.23. The van der Waals surface area contributed by atoms with Crippen molar-refractivity contribution in [2.45, 2.75) is 19.9 Å². The van der Waals surface area contributed by atoms with E-state index in [4.69, 9.17) is 0 Å². The molecule has 0 fully saturated rings. The van der Waals surface area contributed by atoms with E-state index >= 15 is 0 Å². The lowest BCUT2D eigenvalue weighted by atomic mass is 10.1. The molecule has 24 heavy (non-hydrogen) atoms. The van der Waals surface area contributed by atoms with Crippen LogP contribution in [0.5, 0.6) is 0 Å². The zero-order valence-corrected chi connectivity index (χ0v) is 14.1. The second kappa shape index (κ2) is 6.76. The standard InChI is InChI=1S/C17H16N4O2S/c1-10(12-5-7-18-8-6-12)19-16(22)17(23)21-13-3-4-14-15(9-13)24-11(2)20-14/h3-10H,1-2H3,(H,19,22)(H,21,23)/t10-/m0/s1. The topological polar surface area (TPSA) is 84.0 Å². The van der Waals surface area contributed by atoms with Crippen molar-refractivity contribution >= 4 is 39.1 Å². The summed E-state index contributed by atoms with van der Waals surface area (Å²) in [7, 11) is 0. The van der Waals surface area contributed by atoms with Gasteiger partial charge in [-0.3, -0.25) is 14.6 Å². The normalized spacial score (nSPS) is 11.9. The van der Waals surface area contributed by atoms with Crippen LogP contribution in [-0.4, -0.2) is 21.8 Å². The molecule has 2 amide bonds. The number of aromatic nitrogens is 2. The number of aryl methyl sites for hydroxylation is 1. The molecule has 0 saturated carbocycles. The van der Waals surface area contributed by atoms with Gasteiger partial charge in [0, 0.05) is 18.1 Å². The molecule has 3 rings (SSSR count). The van der Waals surface area contributed by atoms with Gasteiger partial charge in [0.25, 0.3) is 0 Å². The molecule has 2 aromatic heterocycles. The summed E-state index contributed by atoms with van der Waals surface area (Å²) in [5.41, 5.74) is 2.34. The Bertz CT molecular complexity index is 892. The SMILES string of the molecule is Cc1nc2ccc(NC(=O)C(=O)N[C@@H](C)c3ccncc3)cc2s1. The Kier molecular flexibility index (Phi) is 4.52. The van der Waals surface area contributed by atoms with E-state index in [1.165, 1.54) is 0 Å². The Morgan fingerprint density at radius 2 is 1.88 bits per heavy atom. The lowest BCUT2D eigenvalue weighted by molar-refractivity contribution is -0.136. The van der Waals surface area contributed by atoms with E-state index in [2.05, 4.69) is 20.6 Å². The number of anilines is 1. The number of hydrogen-bond donors (Lipinski definition) is 2. The molecule has 3 aromatic rings. The van der Waals surface area contributed by atoms with E-state index in [1.54, 1.807) is 41.9 Å². The summed E-state index contributed by atoms with van der Waals surface area (Å²) in [5.74, 6) is -1.38. The minimum atomic E-state index is -0.698. The highest BCUT2D eigenvalue weighted by molar-refractivity contribution is 7.18. The van der Waals surface area contributed by atoms with E-state index in [1.807, 2.05) is 26.0 Å². The smallest absolute Gasteiger partial charge is 0.313 e. The molecule has 0 aliphatic heterocycles. The molecule has 2 heterocycles. The summed E-state index contributed by atoms with van der Waals surface area (Å²) >= 11 is 1.54. The summed E-state index contributed by atoms with van der Waals surface area (Å²) in [5, 5.41) is 6.24. The highest BCUT2D eigenvalue weighted by Gasteiger charge is 2.17. The van der Waals surface area contributed by atoms with Gasteiger partial charge in [-0.2, -0.15) is 0 Å². The van der Waals surface area contributed by atoms with Crippen LogP contribution in [0.4, 0.5) is 5.69 Å². The summed E-state index contributed by atoms with van der Waals surface area (Å²) in [4.78, 5) is 32.4. The average molecular weight is 340 g/mol. The van der Waals surface area contributed by atoms with E-state index in [0.717, 1.165) is 20.8 Å². The maximum Gasteiger partial charge on any atom is 0.313 e. The Labute approximate surface area is 142 Å². The number of nitrogens with zero attached hydrogens (tertiary/aromatic N) is 2. The number of thiazole rings is 1. The highest BCUT2D eigenvalue weighted by Crippen LogP contribution is 2.24. The monoisotopic (exact) mass is 340 g/mol. The minimum absolute atomic E-state index is 0.280. The Morgan fingerprint density at radius 1 is 1.12 bits per heavy atom. The number of carbonyl (C=O) groups excluding carboxylic acids is 2. The molecule has 2 N–H and O–H groups in total. The predicted molar refractivity (Wildman–Crippen MR) is 93.8 cm³/mol. The van der Waals surface area contributed by atoms with Crippen LogP contribution in [0.1, 0.15) is 23.5 Å². The van der Waals surface area contributed by atoms with Gasteiger partial charge in [0.05, 0.1) is 21.3 Å². The molecular weight excluding hydrogens is 324 g/mol. The van der Waals surface area contributed by atoms with Gasteiger partial charge in [-0.1, -0.05) is 0 Å². The zero-order valence-electron chi connectivity index (χ0n) is 13.2. The average Bonchev–Trinajstić information content (AvgIpc) is 2.94. The van der Waals surface area contributed by atoms with Gasteiger partial charge < -0.3 is 10.6 Å². The first-order valence-electron chi connectivity index (χ1n) is 7.42. The van der Waals surface area contributed by atoms with Crippen molar-refractivity contribution in [3.63, 3.8) is 0 Å². The van der Waals surface area contributed by atoms with Gasteiger partial charge in [0.15, 0.2) is 0 Å². The van der Waals surface area contributed by atoms with Crippen LogP contribution in [0, 0.1) is 6.92 Å². The largest absolute Gasteiger partial charge is 0.341 e. The van der Waals surface area contributed by atoms with Gasteiger partial charge in [-0.25, -0.2) is 4.98 Å². The summed E-state index contributed by atoms with van der Waals surface area (Å²) in [6.45, 7) is 3.74. The minimum Gasteiger partial charge on any atom is -0.341 e. The van der Waals surface area contributed by atoms with Crippen LogP contribution in [-0.2, 0) is 9.59 Å². The van der Waals surface area contributed by atoms with E-state index in [-0.39, 0.29) is 6.04 Å². The Balaban J connectivity index is 1.65. The zero-order chi connectivity index (χ0) is 17.1. The van der Waals surface area contributed by atoms with Gasteiger partial charge in [0.1, 0.15) is 0 Å². The fourth-order valence-electron chi connectivity index (χ4n) is 2.30. The Morgan fingerprint density at radius 3 is 2.62 bits per heavy atom. The quantitative estimate of drug-likeness (QED) is 0.718. The van der Waals surface area contributed by atoms with Crippen molar-refractivity contribution in [2.75, 3.05) is 5.32 Å². The van der Waals surface area contributed by atoms with Crippen molar-refractivity contribution in [2.24, 2.45) is 0 Å². The highest BCUT2D eigenvalue weighted by atomic mass is 32.1. The molecule has 1 atom stereocenters. The summed E-state index contributed by atoms with van der Waals surface area (Å²) < 4.78 is 0.968. The molecule has 0 bridgehead atoms. The van der Waals surface area contributed by atoms with Crippen molar-refractivity contribution in [3.05, 3.63) is 53.3 Å². The molecule has 0 saturated heterocycles. The van der Waals surface area contributed by atoms with Crippen molar-refractivity contribution in [1.82, 2.24) is 15.3 Å². The fourth-order valence-corrected chi connectivity index (χ4v) is 3.17. The summed E-state index contributed by atoms with van der Waals surface area (Å²) in [6, 6.07) is 8.69. The van der Waals surface area contributed by atoms with Crippen molar-refractivity contribution in [3.8, 4) is 0 Å². The number of fused-ring (bicyclic) bond motifs is 1. The van der Waals surface area contributed by atoms with Crippen LogP contribution in [0.2, 0.25) is 0 Å². The first kappa shape index (κ1) is 16.1.